The predicted octanol–water partition coefficient (Wildman–Crippen LogP) is 6.08. The van der Waals surface area contributed by atoms with Crippen LogP contribution in [0.5, 0.6) is 5.75 Å². The topological polar surface area (TPSA) is 38.3 Å². The predicted molar refractivity (Wildman–Crippen MR) is 102 cm³/mol. The van der Waals surface area contributed by atoms with Crippen molar-refractivity contribution in [3.8, 4) is 28.8 Å². The third-order valence-electron chi connectivity index (χ3n) is 4.95. The molecule has 0 radical (unpaired) electrons. The van der Waals surface area contributed by atoms with E-state index in [1.54, 1.807) is 26.0 Å². The number of benzene rings is 2. The zero-order chi connectivity index (χ0) is 21.2. The van der Waals surface area contributed by atoms with Crippen molar-refractivity contribution < 1.29 is 27.1 Å². The fourth-order valence-corrected chi connectivity index (χ4v) is 3.21. The average molecular weight is 405 g/mol. The van der Waals surface area contributed by atoms with Gasteiger partial charge in [-0.3, -0.25) is 4.79 Å². The molecule has 1 aliphatic carbocycles. The lowest BCUT2D eigenvalue weighted by Crippen LogP contribution is -2.22. The third kappa shape index (κ3) is 4.70. The van der Waals surface area contributed by atoms with Crippen LogP contribution in [0.25, 0.3) is 11.1 Å². The highest BCUT2D eigenvalue weighted by molar-refractivity contribution is 6.01. The highest BCUT2D eigenvalue weighted by Crippen LogP contribution is 2.37. The van der Waals surface area contributed by atoms with E-state index in [-0.39, 0.29) is 17.3 Å². The Morgan fingerprint density at radius 1 is 1.17 bits per heavy atom. The molecule has 1 N–H and O–H groups in total. The Hall–Kier alpha value is -3.01. The second-order valence-corrected chi connectivity index (χ2v) is 6.88. The van der Waals surface area contributed by atoms with Gasteiger partial charge in [-0.2, -0.15) is 0 Å². The number of ether oxygens (including phenoxy) is 1. The fraction of sp³-hybridized carbons (Fsp3) is 0.318. The highest BCUT2D eigenvalue weighted by Gasteiger charge is 2.31. The van der Waals surface area contributed by atoms with E-state index < -0.39 is 17.9 Å². The molecule has 2 aromatic rings. The second kappa shape index (κ2) is 8.16. The van der Waals surface area contributed by atoms with Crippen LogP contribution in [-0.2, 0) is 0 Å². The van der Waals surface area contributed by atoms with Crippen molar-refractivity contribution in [2.24, 2.45) is 5.92 Å². The molecule has 0 heterocycles. The van der Waals surface area contributed by atoms with Gasteiger partial charge in [0.2, 0.25) is 0 Å². The maximum absolute atomic E-state index is 14.7. The third-order valence-corrected chi connectivity index (χ3v) is 4.95. The molecule has 1 fully saturated rings. The fourth-order valence-electron chi connectivity index (χ4n) is 3.21. The van der Waals surface area contributed by atoms with Crippen LogP contribution in [0.1, 0.15) is 42.1 Å². The van der Waals surface area contributed by atoms with Crippen molar-refractivity contribution in [1.29, 1.82) is 0 Å². The number of carbonyl (C=O) groups is 1. The van der Waals surface area contributed by atoms with E-state index in [0.717, 1.165) is 25.3 Å². The van der Waals surface area contributed by atoms with Crippen LogP contribution in [0.2, 0.25) is 0 Å². The summed E-state index contributed by atoms with van der Waals surface area (Å²) in [5.74, 6) is 1.09. The zero-order valence-corrected chi connectivity index (χ0v) is 15.9. The molecule has 3 nitrogen and oxygen atoms in total. The van der Waals surface area contributed by atoms with E-state index >= 15 is 0 Å². The zero-order valence-electron chi connectivity index (χ0n) is 15.9. The Kier molecular flexibility index (Phi) is 5.83. The van der Waals surface area contributed by atoms with E-state index in [1.165, 1.54) is 6.07 Å². The Labute approximate surface area is 166 Å². The molecule has 7 heteroatoms. The van der Waals surface area contributed by atoms with Gasteiger partial charge in [-0.15, -0.1) is 13.2 Å². The molecular formula is C22H19F4NO2. The molecule has 0 aliphatic heterocycles. The molecule has 0 aromatic heterocycles. The quantitative estimate of drug-likeness (QED) is 0.284. The molecule has 0 atom stereocenters. The van der Waals surface area contributed by atoms with E-state index in [0.29, 0.717) is 28.4 Å². The molecule has 2 aromatic carbocycles. The minimum absolute atomic E-state index is 0.0255. The number of anilines is 1. The first-order chi connectivity index (χ1) is 13.7. The van der Waals surface area contributed by atoms with Gasteiger partial charge in [0.05, 0.1) is 5.69 Å². The van der Waals surface area contributed by atoms with Crippen LogP contribution in [0.4, 0.5) is 23.2 Å². The molecule has 0 unspecified atom stereocenters. The van der Waals surface area contributed by atoms with E-state index in [9.17, 15) is 22.4 Å². The largest absolute Gasteiger partial charge is 0.573 e. The Morgan fingerprint density at radius 2 is 1.90 bits per heavy atom. The van der Waals surface area contributed by atoms with Gasteiger partial charge < -0.3 is 10.1 Å². The number of halogens is 4. The van der Waals surface area contributed by atoms with Crippen LogP contribution in [0.3, 0.4) is 0 Å². The summed E-state index contributed by atoms with van der Waals surface area (Å²) in [5, 5.41) is 2.90. The molecular weight excluding hydrogens is 386 g/mol. The van der Waals surface area contributed by atoms with Crippen molar-refractivity contribution in [2.45, 2.75) is 39.5 Å². The van der Waals surface area contributed by atoms with Gasteiger partial charge in [0.1, 0.15) is 11.6 Å². The molecule has 0 bridgehead atoms. The molecule has 0 saturated heterocycles. The standard InChI is InChI=1S/C22H19F4NO2/c1-3-9-27-20-11-15(21(28)14-5-4-6-14)10-18(13(20)2)17-8-7-16(12-19(17)23)29-22(24,25)26/h7-8,10-12,14,27H,4-6H2,1-2H3. The molecule has 29 heavy (non-hydrogen) atoms. The maximum atomic E-state index is 14.7. The van der Waals surface area contributed by atoms with Gasteiger partial charge >= 0.3 is 6.36 Å². The summed E-state index contributed by atoms with van der Waals surface area (Å²) in [7, 11) is 0. The van der Waals surface area contributed by atoms with Crippen LogP contribution in [-0.4, -0.2) is 12.1 Å². The lowest BCUT2D eigenvalue weighted by Gasteiger charge is -2.24. The first-order valence-electron chi connectivity index (χ1n) is 9.12. The number of ketones is 1. The maximum Gasteiger partial charge on any atom is 0.573 e. The second-order valence-electron chi connectivity index (χ2n) is 6.88. The summed E-state index contributed by atoms with van der Waals surface area (Å²) < 4.78 is 55.6. The van der Waals surface area contributed by atoms with Crippen molar-refractivity contribution >= 4 is 11.5 Å². The smallest absolute Gasteiger partial charge is 0.406 e. The summed E-state index contributed by atoms with van der Waals surface area (Å²) in [4.78, 5) is 12.7. The van der Waals surface area contributed by atoms with Gasteiger partial charge in [-0.1, -0.05) is 12.3 Å². The van der Waals surface area contributed by atoms with Crippen LogP contribution < -0.4 is 10.1 Å². The SMILES string of the molecule is CC#CNc1cc(C(=O)C2CCC2)cc(-c2ccc(OC(F)(F)F)cc2F)c1C. The molecule has 152 valence electrons. The Morgan fingerprint density at radius 3 is 2.45 bits per heavy atom. The van der Waals surface area contributed by atoms with E-state index in [1.807, 2.05) is 0 Å². The first kappa shape index (κ1) is 20.7. The number of hydrogen-bond donors (Lipinski definition) is 1. The number of Topliss-reactive ketones (excluding diaryl/α,β-unsaturated/α-hetero) is 1. The van der Waals surface area contributed by atoms with Gasteiger partial charge in [0.15, 0.2) is 5.78 Å². The summed E-state index contributed by atoms with van der Waals surface area (Å²) in [6.45, 7) is 3.37. The summed E-state index contributed by atoms with van der Waals surface area (Å²) in [6, 6.07) is 8.92. The monoisotopic (exact) mass is 405 g/mol. The van der Waals surface area contributed by atoms with Gasteiger partial charge in [-0.25, -0.2) is 4.39 Å². The van der Waals surface area contributed by atoms with E-state index in [2.05, 4.69) is 22.0 Å². The lowest BCUT2D eigenvalue weighted by atomic mass is 9.79. The van der Waals surface area contributed by atoms with Gasteiger partial charge in [0, 0.05) is 29.2 Å². The Balaban J connectivity index is 2.06. The van der Waals surface area contributed by atoms with Gasteiger partial charge in [-0.05, 0) is 62.1 Å². The molecule has 0 amide bonds. The summed E-state index contributed by atoms with van der Waals surface area (Å²) in [6.07, 6.45) is -2.28. The highest BCUT2D eigenvalue weighted by atomic mass is 19.4. The van der Waals surface area contributed by atoms with Crippen molar-refractivity contribution in [3.05, 3.63) is 47.3 Å². The number of alkyl halides is 3. The van der Waals surface area contributed by atoms with E-state index in [4.69, 9.17) is 0 Å². The first-order valence-corrected chi connectivity index (χ1v) is 9.12. The average Bonchev–Trinajstić information content (AvgIpc) is 2.58. The lowest BCUT2D eigenvalue weighted by molar-refractivity contribution is -0.274. The molecule has 1 aliphatic rings. The molecule has 0 spiro atoms. The molecule has 1 saturated carbocycles. The van der Waals surface area contributed by atoms with Gasteiger partial charge in [0.25, 0.3) is 0 Å². The molecule has 3 rings (SSSR count). The van der Waals surface area contributed by atoms with Crippen molar-refractivity contribution in [3.63, 3.8) is 0 Å². The number of hydrogen-bond acceptors (Lipinski definition) is 3. The minimum atomic E-state index is -4.91. The van der Waals surface area contributed by atoms with Crippen LogP contribution in [0, 0.1) is 30.6 Å². The van der Waals surface area contributed by atoms with Crippen LogP contribution in [0.15, 0.2) is 30.3 Å². The normalized spacial score (nSPS) is 13.9. The van der Waals surface area contributed by atoms with Crippen LogP contribution >= 0.6 is 0 Å². The number of nitrogens with one attached hydrogen (secondary N) is 1. The van der Waals surface area contributed by atoms with Crippen molar-refractivity contribution in [1.82, 2.24) is 0 Å². The van der Waals surface area contributed by atoms with Crippen molar-refractivity contribution in [2.75, 3.05) is 5.32 Å². The summed E-state index contributed by atoms with van der Waals surface area (Å²) >= 11 is 0. The Bertz CT molecular complexity index is 998. The summed E-state index contributed by atoms with van der Waals surface area (Å²) in [5.41, 5.74) is 2.08. The number of rotatable bonds is 5. The number of carbonyl (C=O) groups excluding carboxylic acids is 1. The minimum Gasteiger partial charge on any atom is -0.406 e.